The Kier molecular flexibility index (Phi) is 4.78. The van der Waals surface area contributed by atoms with E-state index in [4.69, 9.17) is 4.74 Å². The Balaban J connectivity index is 2.79. The van der Waals surface area contributed by atoms with Gasteiger partial charge in [-0.15, -0.1) is 0 Å². The molecule has 0 radical (unpaired) electrons. The lowest BCUT2D eigenvalue weighted by molar-refractivity contribution is -0.143. The number of carbonyl (C=O) groups excluding carboxylic acids is 1. The summed E-state index contributed by atoms with van der Waals surface area (Å²) in [5.41, 5.74) is -0.0422. The molecule has 3 heteroatoms. The minimum absolute atomic E-state index is 0.0422. The van der Waals surface area contributed by atoms with Gasteiger partial charge in [0.25, 0.3) is 0 Å². The van der Waals surface area contributed by atoms with Crippen LogP contribution in [-0.2, 0) is 9.53 Å². The molecule has 94 valence electrons. The molecule has 3 atom stereocenters. The van der Waals surface area contributed by atoms with Crippen LogP contribution in [-0.4, -0.2) is 25.2 Å². The van der Waals surface area contributed by atoms with Crippen LogP contribution in [0.1, 0.15) is 46.5 Å². The van der Waals surface area contributed by atoms with E-state index in [0.29, 0.717) is 18.3 Å². The highest BCUT2D eigenvalue weighted by Crippen LogP contribution is 2.39. The maximum absolute atomic E-state index is 11.6. The van der Waals surface area contributed by atoms with Crippen molar-refractivity contribution in [1.29, 1.82) is 0 Å². The van der Waals surface area contributed by atoms with Crippen LogP contribution in [0, 0.1) is 11.8 Å². The van der Waals surface area contributed by atoms with Crippen molar-refractivity contribution in [2.45, 2.75) is 52.0 Å². The molecule has 0 aromatic rings. The van der Waals surface area contributed by atoms with E-state index in [1.165, 1.54) is 20.0 Å². The zero-order valence-electron chi connectivity index (χ0n) is 11.0. The topological polar surface area (TPSA) is 38.3 Å². The molecule has 1 aliphatic carbocycles. The molecular weight excluding hydrogens is 202 g/mol. The highest BCUT2D eigenvalue weighted by atomic mass is 16.5. The zero-order chi connectivity index (χ0) is 12.2. The van der Waals surface area contributed by atoms with Gasteiger partial charge in [0.2, 0.25) is 0 Å². The molecule has 0 saturated heterocycles. The Morgan fingerprint density at radius 2 is 2.12 bits per heavy atom. The van der Waals surface area contributed by atoms with Crippen LogP contribution in [0.5, 0.6) is 0 Å². The standard InChI is InChI=1S/C13H25NO2/c1-5-14-13(9-12(15)16-4)8-10(2)6-7-11(13)3/h10-11,14H,5-9H2,1-4H3. The van der Waals surface area contributed by atoms with Gasteiger partial charge in [0.1, 0.15) is 0 Å². The van der Waals surface area contributed by atoms with Crippen molar-refractivity contribution in [3.8, 4) is 0 Å². The van der Waals surface area contributed by atoms with Crippen molar-refractivity contribution in [1.82, 2.24) is 5.32 Å². The summed E-state index contributed by atoms with van der Waals surface area (Å²) in [6.07, 6.45) is 4.06. The molecule has 0 aliphatic heterocycles. The quantitative estimate of drug-likeness (QED) is 0.749. The Morgan fingerprint density at radius 3 is 2.69 bits per heavy atom. The summed E-state index contributed by atoms with van der Waals surface area (Å²) in [7, 11) is 1.47. The first-order chi connectivity index (χ1) is 7.54. The Bertz CT molecular complexity index is 242. The molecule has 1 N–H and O–H groups in total. The van der Waals surface area contributed by atoms with Gasteiger partial charge in [-0.2, -0.15) is 0 Å². The smallest absolute Gasteiger partial charge is 0.307 e. The Hall–Kier alpha value is -0.570. The van der Waals surface area contributed by atoms with E-state index >= 15 is 0 Å². The van der Waals surface area contributed by atoms with Gasteiger partial charge in [-0.3, -0.25) is 4.79 Å². The van der Waals surface area contributed by atoms with E-state index < -0.39 is 0 Å². The summed E-state index contributed by atoms with van der Waals surface area (Å²) in [5, 5.41) is 3.54. The highest BCUT2D eigenvalue weighted by molar-refractivity contribution is 5.70. The van der Waals surface area contributed by atoms with Gasteiger partial charge in [-0.25, -0.2) is 0 Å². The fourth-order valence-electron chi connectivity index (χ4n) is 2.97. The molecule has 1 saturated carbocycles. The zero-order valence-corrected chi connectivity index (χ0v) is 11.0. The average Bonchev–Trinajstić information content (AvgIpc) is 2.24. The predicted molar refractivity (Wildman–Crippen MR) is 65.2 cm³/mol. The molecule has 0 amide bonds. The third kappa shape index (κ3) is 2.97. The van der Waals surface area contributed by atoms with Crippen LogP contribution in [0.15, 0.2) is 0 Å². The summed E-state index contributed by atoms with van der Waals surface area (Å²) >= 11 is 0. The van der Waals surface area contributed by atoms with Gasteiger partial charge in [0, 0.05) is 5.54 Å². The van der Waals surface area contributed by atoms with Gasteiger partial charge < -0.3 is 10.1 Å². The second-order valence-electron chi connectivity index (χ2n) is 5.23. The second kappa shape index (κ2) is 5.67. The maximum Gasteiger partial charge on any atom is 0.307 e. The first kappa shape index (κ1) is 13.5. The molecule has 0 aromatic heterocycles. The van der Waals surface area contributed by atoms with Crippen LogP contribution < -0.4 is 5.32 Å². The number of methoxy groups -OCH3 is 1. The number of rotatable bonds is 4. The lowest BCUT2D eigenvalue weighted by Gasteiger charge is -2.45. The molecule has 0 spiro atoms. The van der Waals surface area contributed by atoms with Crippen molar-refractivity contribution in [3.63, 3.8) is 0 Å². The van der Waals surface area contributed by atoms with Gasteiger partial charge in [0.15, 0.2) is 0 Å². The maximum atomic E-state index is 11.6. The van der Waals surface area contributed by atoms with Crippen LogP contribution >= 0.6 is 0 Å². The molecule has 0 heterocycles. The first-order valence-electron chi connectivity index (χ1n) is 6.36. The molecule has 1 fully saturated rings. The third-order valence-corrected chi connectivity index (χ3v) is 3.96. The summed E-state index contributed by atoms with van der Waals surface area (Å²) in [6, 6.07) is 0. The van der Waals surface area contributed by atoms with E-state index in [9.17, 15) is 4.79 Å². The van der Waals surface area contributed by atoms with Crippen molar-refractivity contribution >= 4 is 5.97 Å². The van der Waals surface area contributed by atoms with Crippen molar-refractivity contribution in [2.75, 3.05) is 13.7 Å². The SMILES string of the molecule is CCNC1(CC(=O)OC)CC(C)CCC1C. The number of carbonyl (C=O) groups is 1. The minimum atomic E-state index is -0.0955. The molecule has 3 unspecified atom stereocenters. The number of hydrogen-bond donors (Lipinski definition) is 1. The number of nitrogens with one attached hydrogen (secondary N) is 1. The molecule has 16 heavy (non-hydrogen) atoms. The van der Waals surface area contributed by atoms with Gasteiger partial charge in [-0.1, -0.05) is 27.2 Å². The summed E-state index contributed by atoms with van der Waals surface area (Å²) in [5.74, 6) is 1.14. The average molecular weight is 227 g/mol. The van der Waals surface area contributed by atoms with Crippen molar-refractivity contribution < 1.29 is 9.53 Å². The van der Waals surface area contributed by atoms with Crippen LogP contribution in [0.25, 0.3) is 0 Å². The largest absolute Gasteiger partial charge is 0.469 e. The second-order valence-corrected chi connectivity index (χ2v) is 5.23. The van der Waals surface area contributed by atoms with E-state index in [2.05, 4.69) is 26.1 Å². The van der Waals surface area contributed by atoms with Gasteiger partial charge in [0.05, 0.1) is 13.5 Å². The summed E-state index contributed by atoms with van der Waals surface area (Å²) in [4.78, 5) is 11.6. The van der Waals surface area contributed by atoms with Gasteiger partial charge in [-0.05, 0) is 31.2 Å². The Morgan fingerprint density at radius 1 is 1.44 bits per heavy atom. The van der Waals surface area contributed by atoms with Gasteiger partial charge >= 0.3 is 5.97 Å². The van der Waals surface area contributed by atoms with E-state index in [1.54, 1.807) is 0 Å². The van der Waals surface area contributed by atoms with Crippen molar-refractivity contribution in [3.05, 3.63) is 0 Å². The van der Waals surface area contributed by atoms with E-state index in [0.717, 1.165) is 13.0 Å². The molecular formula is C13H25NO2. The van der Waals surface area contributed by atoms with Crippen LogP contribution in [0.4, 0.5) is 0 Å². The molecule has 1 rings (SSSR count). The van der Waals surface area contributed by atoms with Crippen LogP contribution in [0.3, 0.4) is 0 Å². The number of hydrogen-bond acceptors (Lipinski definition) is 3. The van der Waals surface area contributed by atoms with Crippen LogP contribution in [0.2, 0.25) is 0 Å². The van der Waals surface area contributed by atoms with E-state index in [-0.39, 0.29) is 11.5 Å². The molecule has 3 nitrogen and oxygen atoms in total. The number of ether oxygens (including phenoxy) is 1. The third-order valence-electron chi connectivity index (χ3n) is 3.96. The summed E-state index contributed by atoms with van der Waals surface area (Å²) in [6.45, 7) is 7.53. The lowest BCUT2D eigenvalue weighted by Crippen LogP contribution is -2.55. The molecule has 1 aliphatic rings. The molecule has 0 bridgehead atoms. The Labute approximate surface area is 98.9 Å². The summed E-state index contributed by atoms with van der Waals surface area (Å²) < 4.78 is 4.83. The fourth-order valence-corrected chi connectivity index (χ4v) is 2.97. The molecule has 0 aromatic carbocycles. The normalized spacial score (nSPS) is 34.8. The first-order valence-corrected chi connectivity index (χ1v) is 6.36. The van der Waals surface area contributed by atoms with Crippen molar-refractivity contribution in [2.24, 2.45) is 11.8 Å². The highest BCUT2D eigenvalue weighted by Gasteiger charge is 2.41. The monoisotopic (exact) mass is 227 g/mol. The van der Waals surface area contributed by atoms with E-state index in [1.807, 2.05) is 0 Å². The number of esters is 1. The lowest BCUT2D eigenvalue weighted by atomic mass is 9.68. The minimum Gasteiger partial charge on any atom is -0.469 e. The fraction of sp³-hybridized carbons (Fsp3) is 0.923. The predicted octanol–water partition coefficient (Wildman–Crippen LogP) is 2.35.